The van der Waals surface area contributed by atoms with Crippen molar-refractivity contribution in [3.63, 3.8) is 0 Å². The van der Waals surface area contributed by atoms with Gasteiger partial charge < -0.3 is 15.4 Å². The highest BCUT2D eigenvalue weighted by atomic mass is 16.5. The van der Waals surface area contributed by atoms with E-state index in [9.17, 15) is 4.79 Å². The second-order valence-corrected chi connectivity index (χ2v) is 4.59. The van der Waals surface area contributed by atoms with Crippen LogP contribution in [0.25, 0.3) is 0 Å². The van der Waals surface area contributed by atoms with Crippen LogP contribution in [0.4, 0.5) is 0 Å². The van der Waals surface area contributed by atoms with Crippen LogP contribution in [0.1, 0.15) is 32.1 Å². The zero-order valence-electron chi connectivity index (χ0n) is 9.15. The summed E-state index contributed by atoms with van der Waals surface area (Å²) in [4.78, 5) is 13.6. The third-order valence-corrected chi connectivity index (χ3v) is 3.33. The lowest BCUT2D eigenvalue weighted by Gasteiger charge is -2.17. The number of nitrogens with zero attached hydrogens (tertiary/aromatic N) is 1. The van der Waals surface area contributed by atoms with Gasteiger partial charge in [0.05, 0.1) is 6.10 Å². The van der Waals surface area contributed by atoms with E-state index in [0.717, 1.165) is 45.2 Å². The molecular weight excluding hydrogens is 192 g/mol. The molecule has 1 saturated heterocycles. The maximum absolute atomic E-state index is 11.7. The predicted octanol–water partition coefficient (Wildman–Crippen LogP) is 0.505. The van der Waals surface area contributed by atoms with E-state index in [-0.39, 0.29) is 24.7 Å². The molecule has 0 aromatic carbocycles. The molecule has 15 heavy (non-hydrogen) atoms. The predicted molar refractivity (Wildman–Crippen MR) is 57.4 cm³/mol. The summed E-state index contributed by atoms with van der Waals surface area (Å²) >= 11 is 0. The van der Waals surface area contributed by atoms with E-state index < -0.39 is 0 Å². The lowest BCUT2D eigenvalue weighted by molar-refractivity contribution is -0.137. The summed E-state index contributed by atoms with van der Waals surface area (Å²) in [5, 5.41) is 0. The molecule has 2 aliphatic rings. The average molecular weight is 212 g/mol. The maximum atomic E-state index is 11.7. The number of ether oxygens (including phenoxy) is 1. The van der Waals surface area contributed by atoms with Crippen LogP contribution in [-0.2, 0) is 9.53 Å². The van der Waals surface area contributed by atoms with Crippen LogP contribution in [0.5, 0.6) is 0 Å². The molecule has 2 fully saturated rings. The minimum atomic E-state index is 0.146. The van der Waals surface area contributed by atoms with Gasteiger partial charge in [0.15, 0.2) is 0 Å². The minimum absolute atomic E-state index is 0.146. The highest BCUT2D eigenvalue weighted by molar-refractivity contribution is 5.77. The van der Waals surface area contributed by atoms with Gasteiger partial charge in [-0.25, -0.2) is 0 Å². The number of likely N-dealkylation sites (tertiary alicyclic amines) is 1. The average Bonchev–Trinajstić information content (AvgIpc) is 2.84. The number of carbonyl (C=O) groups excluding carboxylic acids is 1. The number of nitrogens with two attached hydrogens (primary N) is 1. The second-order valence-electron chi connectivity index (χ2n) is 4.59. The molecule has 2 rings (SSSR count). The molecule has 0 aromatic heterocycles. The molecule has 0 aromatic rings. The first-order chi connectivity index (χ1) is 7.25. The SMILES string of the molecule is NC1CCC(OCC(=O)N2CCCC2)C1. The van der Waals surface area contributed by atoms with Crippen molar-refractivity contribution >= 4 is 5.91 Å². The molecule has 1 aliphatic carbocycles. The molecule has 1 aliphatic heterocycles. The van der Waals surface area contributed by atoms with Gasteiger partial charge in [0.2, 0.25) is 5.91 Å². The Bertz CT molecular complexity index is 227. The van der Waals surface area contributed by atoms with E-state index in [2.05, 4.69) is 0 Å². The zero-order chi connectivity index (χ0) is 10.7. The summed E-state index contributed by atoms with van der Waals surface area (Å²) in [6.45, 7) is 2.07. The van der Waals surface area contributed by atoms with Gasteiger partial charge in [-0.2, -0.15) is 0 Å². The Morgan fingerprint density at radius 3 is 2.67 bits per heavy atom. The summed E-state index contributed by atoms with van der Waals surface area (Å²) < 4.78 is 5.58. The van der Waals surface area contributed by atoms with E-state index in [1.165, 1.54) is 0 Å². The van der Waals surface area contributed by atoms with Crippen molar-refractivity contribution in [2.24, 2.45) is 5.73 Å². The molecule has 2 unspecified atom stereocenters. The number of hydrogen-bond donors (Lipinski definition) is 1. The van der Waals surface area contributed by atoms with Gasteiger partial charge in [-0.1, -0.05) is 0 Å². The normalized spacial score (nSPS) is 31.1. The quantitative estimate of drug-likeness (QED) is 0.741. The summed E-state index contributed by atoms with van der Waals surface area (Å²) in [5.41, 5.74) is 5.78. The second kappa shape index (κ2) is 4.94. The molecule has 0 radical (unpaired) electrons. The smallest absolute Gasteiger partial charge is 0.248 e. The fourth-order valence-corrected chi connectivity index (χ4v) is 2.37. The molecule has 2 N–H and O–H groups in total. The molecule has 0 spiro atoms. The van der Waals surface area contributed by atoms with Crippen molar-refractivity contribution in [3.8, 4) is 0 Å². The molecule has 2 atom stereocenters. The standard InChI is InChI=1S/C11H20N2O2/c12-9-3-4-10(7-9)15-8-11(14)13-5-1-2-6-13/h9-10H,1-8,12H2. The van der Waals surface area contributed by atoms with Gasteiger partial charge in [-0.05, 0) is 32.1 Å². The van der Waals surface area contributed by atoms with Crippen LogP contribution in [0, 0.1) is 0 Å². The Hall–Kier alpha value is -0.610. The number of carbonyl (C=O) groups is 1. The third-order valence-electron chi connectivity index (χ3n) is 3.33. The molecule has 1 heterocycles. The fourth-order valence-electron chi connectivity index (χ4n) is 2.37. The first-order valence-corrected chi connectivity index (χ1v) is 5.90. The number of hydrogen-bond acceptors (Lipinski definition) is 3. The highest BCUT2D eigenvalue weighted by Crippen LogP contribution is 2.20. The topological polar surface area (TPSA) is 55.6 Å². The fraction of sp³-hybridized carbons (Fsp3) is 0.909. The molecule has 4 heteroatoms. The van der Waals surface area contributed by atoms with Crippen molar-refractivity contribution in [2.45, 2.75) is 44.2 Å². The van der Waals surface area contributed by atoms with Crippen LogP contribution in [0.15, 0.2) is 0 Å². The summed E-state index contributed by atoms with van der Waals surface area (Å²) in [5.74, 6) is 0.146. The first kappa shape index (κ1) is 10.9. The van der Waals surface area contributed by atoms with Crippen molar-refractivity contribution < 1.29 is 9.53 Å². The van der Waals surface area contributed by atoms with Gasteiger partial charge in [-0.3, -0.25) is 4.79 Å². The molecule has 1 saturated carbocycles. The van der Waals surface area contributed by atoms with Crippen molar-refractivity contribution in [1.82, 2.24) is 4.90 Å². The summed E-state index contributed by atoms with van der Waals surface area (Å²) in [7, 11) is 0. The minimum Gasteiger partial charge on any atom is -0.368 e. The van der Waals surface area contributed by atoms with E-state index >= 15 is 0 Å². The largest absolute Gasteiger partial charge is 0.368 e. The van der Waals surface area contributed by atoms with Crippen molar-refractivity contribution in [1.29, 1.82) is 0 Å². The van der Waals surface area contributed by atoms with Crippen LogP contribution < -0.4 is 5.73 Å². The van der Waals surface area contributed by atoms with Gasteiger partial charge in [-0.15, -0.1) is 0 Å². The lowest BCUT2D eigenvalue weighted by Crippen LogP contribution is -2.32. The zero-order valence-corrected chi connectivity index (χ0v) is 9.15. The van der Waals surface area contributed by atoms with Gasteiger partial charge in [0.1, 0.15) is 6.61 Å². The monoisotopic (exact) mass is 212 g/mol. The van der Waals surface area contributed by atoms with Gasteiger partial charge >= 0.3 is 0 Å². The lowest BCUT2D eigenvalue weighted by atomic mass is 10.3. The molecule has 0 bridgehead atoms. The first-order valence-electron chi connectivity index (χ1n) is 5.90. The molecular formula is C11H20N2O2. The Morgan fingerprint density at radius 2 is 2.07 bits per heavy atom. The Morgan fingerprint density at radius 1 is 1.33 bits per heavy atom. The Balaban J connectivity index is 1.66. The Labute approximate surface area is 90.8 Å². The third kappa shape index (κ3) is 2.92. The summed E-state index contributed by atoms with van der Waals surface area (Å²) in [6.07, 6.45) is 5.44. The number of rotatable bonds is 3. The van der Waals surface area contributed by atoms with Crippen LogP contribution in [-0.4, -0.2) is 42.6 Å². The molecule has 86 valence electrons. The number of amides is 1. The van der Waals surface area contributed by atoms with Crippen LogP contribution in [0.3, 0.4) is 0 Å². The Kier molecular flexibility index (Phi) is 3.59. The van der Waals surface area contributed by atoms with Gasteiger partial charge in [0, 0.05) is 19.1 Å². The molecule has 4 nitrogen and oxygen atoms in total. The van der Waals surface area contributed by atoms with E-state index in [1.807, 2.05) is 4.90 Å². The van der Waals surface area contributed by atoms with Gasteiger partial charge in [0.25, 0.3) is 0 Å². The van der Waals surface area contributed by atoms with Crippen LogP contribution >= 0.6 is 0 Å². The van der Waals surface area contributed by atoms with Crippen molar-refractivity contribution in [3.05, 3.63) is 0 Å². The van der Waals surface area contributed by atoms with E-state index in [0.29, 0.717) is 0 Å². The van der Waals surface area contributed by atoms with Crippen molar-refractivity contribution in [2.75, 3.05) is 19.7 Å². The van der Waals surface area contributed by atoms with E-state index in [1.54, 1.807) is 0 Å². The molecule has 1 amide bonds. The maximum Gasteiger partial charge on any atom is 0.248 e. The highest BCUT2D eigenvalue weighted by Gasteiger charge is 2.24. The van der Waals surface area contributed by atoms with E-state index in [4.69, 9.17) is 10.5 Å². The van der Waals surface area contributed by atoms with Crippen LogP contribution in [0.2, 0.25) is 0 Å². The summed E-state index contributed by atoms with van der Waals surface area (Å²) in [6, 6.07) is 0.275.